The lowest BCUT2D eigenvalue weighted by molar-refractivity contribution is -0.385. The summed E-state index contributed by atoms with van der Waals surface area (Å²) < 4.78 is 0.837. The van der Waals surface area contributed by atoms with Gasteiger partial charge in [0.15, 0.2) is 0 Å². The summed E-state index contributed by atoms with van der Waals surface area (Å²) in [7, 11) is 0. The van der Waals surface area contributed by atoms with Gasteiger partial charge in [0, 0.05) is 28.7 Å². The molecule has 0 bridgehead atoms. The SMILES string of the molecule is CCc1cc([N+](=O)[O-])cc(Br)c1N1[C@H](C)CCC[C@H]1C. The van der Waals surface area contributed by atoms with Crippen molar-refractivity contribution >= 4 is 27.3 Å². The van der Waals surface area contributed by atoms with Crippen molar-refractivity contribution in [2.45, 2.75) is 58.5 Å². The van der Waals surface area contributed by atoms with E-state index in [2.05, 4.69) is 34.7 Å². The molecular formula is C15H21BrN2O2. The number of anilines is 1. The maximum atomic E-state index is 11.0. The van der Waals surface area contributed by atoms with Crippen LogP contribution < -0.4 is 4.90 Å². The van der Waals surface area contributed by atoms with Gasteiger partial charge in [0.25, 0.3) is 5.69 Å². The fourth-order valence-corrected chi connectivity index (χ4v) is 3.86. The highest BCUT2D eigenvalue weighted by atomic mass is 79.9. The Bertz CT molecular complexity index is 509. The lowest BCUT2D eigenvalue weighted by Gasteiger charge is -2.42. The number of nitro groups is 1. The first-order chi connectivity index (χ1) is 9.45. The van der Waals surface area contributed by atoms with Gasteiger partial charge in [-0.1, -0.05) is 6.92 Å². The Morgan fingerprint density at radius 2 is 1.95 bits per heavy atom. The maximum absolute atomic E-state index is 11.0. The monoisotopic (exact) mass is 340 g/mol. The van der Waals surface area contributed by atoms with Crippen LogP contribution in [0.5, 0.6) is 0 Å². The van der Waals surface area contributed by atoms with Crippen LogP contribution in [0, 0.1) is 10.1 Å². The van der Waals surface area contributed by atoms with Crippen LogP contribution in [0.2, 0.25) is 0 Å². The highest BCUT2D eigenvalue weighted by Gasteiger charge is 2.29. The minimum Gasteiger partial charge on any atom is -0.365 e. The minimum atomic E-state index is -0.323. The molecule has 4 nitrogen and oxygen atoms in total. The molecule has 1 aromatic rings. The molecule has 0 aromatic heterocycles. The largest absolute Gasteiger partial charge is 0.365 e. The van der Waals surface area contributed by atoms with Gasteiger partial charge in [-0.15, -0.1) is 0 Å². The summed E-state index contributed by atoms with van der Waals surface area (Å²) in [6, 6.07) is 4.29. The van der Waals surface area contributed by atoms with Gasteiger partial charge in [0.05, 0.1) is 10.6 Å². The van der Waals surface area contributed by atoms with Crippen LogP contribution >= 0.6 is 15.9 Å². The van der Waals surface area contributed by atoms with Crippen molar-refractivity contribution in [3.8, 4) is 0 Å². The van der Waals surface area contributed by atoms with Gasteiger partial charge in [-0.25, -0.2) is 0 Å². The average Bonchev–Trinajstić information content (AvgIpc) is 2.39. The summed E-state index contributed by atoms with van der Waals surface area (Å²) in [5.74, 6) is 0. The lowest BCUT2D eigenvalue weighted by atomic mass is 9.95. The molecule has 1 aliphatic heterocycles. The fourth-order valence-electron chi connectivity index (χ4n) is 3.17. The molecule has 0 unspecified atom stereocenters. The van der Waals surface area contributed by atoms with Crippen LogP contribution in [-0.4, -0.2) is 17.0 Å². The van der Waals surface area contributed by atoms with Crippen molar-refractivity contribution in [2.24, 2.45) is 0 Å². The smallest absolute Gasteiger partial charge is 0.270 e. The number of non-ortho nitro benzene ring substituents is 1. The Hall–Kier alpha value is -1.10. The number of hydrogen-bond acceptors (Lipinski definition) is 3. The number of halogens is 1. The van der Waals surface area contributed by atoms with Crippen LogP contribution in [0.3, 0.4) is 0 Å². The summed E-state index contributed by atoms with van der Waals surface area (Å²) in [6.45, 7) is 6.53. The summed E-state index contributed by atoms with van der Waals surface area (Å²) in [4.78, 5) is 13.1. The Morgan fingerprint density at radius 3 is 2.45 bits per heavy atom. The van der Waals surface area contributed by atoms with Crippen LogP contribution in [0.1, 0.15) is 45.6 Å². The maximum Gasteiger partial charge on any atom is 0.270 e. The Labute approximate surface area is 128 Å². The summed E-state index contributed by atoms with van der Waals surface area (Å²) in [5, 5.41) is 11.0. The molecule has 0 spiro atoms. The molecule has 2 rings (SSSR count). The van der Waals surface area contributed by atoms with Gasteiger partial charge in [-0.2, -0.15) is 0 Å². The van der Waals surface area contributed by atoms with E-state index in [1.165, 1.54) is 19.3 Å². The minimum absolute atomic E-state index is 0.162. The quantitative estimate of drug-likeness (QED) is 0.592. The van der Waals surface area contributed by atoms with Crippen LogP contribution in [-0.2, 0) is 6.42 Å². The van der Waals surface area contributed by atoms with Crippen LogP contribution in [0.25, 0.3) is 0 Å². The first-order valence-corrected chi connectivity index (χ1v) is 8.00. The fraction of sp³-hybridized carbons (Fsp3) is 0.600. The third kappa shape index (κ3) is 2.82. The van der Waals surface area contributed by atoms with Gasteiger partial charge >= 0.3 is 0 Å². The van der Waals surface area contributed by atoms with E-state index < -0.39 is 0 Å². The molecule has 1 fully saturated rings. The second kappa shape index (κ2) is 6.12. The molecule has 5 heteroatoms. The third-order valence-electron chi connectivity index (χ3n) is 4.17. The first-order valence-electron chi connectivity index (χ1n) is 7.20. The first kappa shape index (κ1) is 15.3. The molecule has 0 radical (unpaired) electrons. The zero-order valence-electron chi connectivity index (χ0n) is 12.2. The number of nitrogens with zero attached hydrogens (tertiary/aromatic N) is 2. The molecule has 0 aliphatic carbocycles. The van der Waals surface area contributed by atoms with Gasteiger partial charge < -0.3 is 4.90 Å². The van der Waals surface area contributed by atoms with Gasteiger partial charge in [-0.05, 0) is 61.0 Å². The van der Waals surface area contributed by atoms with Crippen molar-refractivity contribution < 1.29 is 4.92 Å². The molecule has 20 heavy (non-hydrogen) atoms. The topological polar surface area (TPSA) is 46.4 Å². The number of piperidine rings is 1. The zero-order chi connectivity index (χ0) is 14.9. The van der Waals surface area contributed by atoms with E-state index in [4.69, 9.17) is 0 Å². The average molecular weight is 341 g/mol. The lowest BCUT2D eigenvalue weighted by Crippen LogP contribution is -2.44. The van der Waals surface area contributed by atoms with E-state index in [0.717, 1.165) is 22.1 Å². The Kier molecular flexibility index (Phi) is 4.68. The van der Waals surface area contributed by atoms with Crippen LogP contribution in [0.15, 0.2) is 16.6 Å². The number of aryl methyl sites for hydroxylation is 1. The Balaban J connectivity index is 2.52. The van der Waals surface area contributed by atoms with Crippen LogP contribution in [0.4, 0.5) is 11.4 Å². The molecule has 1 aromatic carbocycles. The second-order valence-electron chi connectivity index (χ2n) is 5.58. The van der Waals surface area contributed by atoms with E-state index >= 15 is 0 Å². The molecule has 0 saturated carbocycles. The molecule has 110 valence electrons. The van der Waals surface area contributed by atoms with Gasteiger partial charge in [0.1, 0.15) is 0 Å². The molecule has 0 N–H and O–H groups in total. The molecule has 1 saturated heterocycles. The molecule has 2 atom stereocenters. The van der Waals surface area contributed by atoms with Crippen molar-refractivity contribution in [1.29, 1.82) is 0 Å². The molecule has 1 aliphatic rings. The van der Waals surface area contributed by atoms with E-state index in [1.54, 1.807) is 12.1 Å². The van der Waals surface area contributed by atoms with Crippen molar-refractivity contribution in [3.05, 3.63) is 32.3 Å². The summed E-state index contributed by atoms with van der Waals surface area (Å²) >= 11 is 3.55. The van der Waals surface area contributed by atoms with Crippen molar-refractivity contribution in [2.75, 3.05) is 4.90 Å². The number of rotatable bonds is 3. The number of nitro benzene ring substituents is 1. The van der Waals surface area contributed by atoms with Gasteiger partial charge in [0.2, 0.25) is 0 Å². The second-order valence-corrected chi connectivity index (χ2v) is 6.44. The van der Waals surface area contributed by atoms with E-state index in [1.807, 2.05) is 6.92 Å². The van der Waals surface area contributed by atoms with E-state index in [9.17, 15) is 10.1 Å². The van der Waals surface area contributed by atoms with Gasteiger partial charge in [-0.3, -0.25) is 10.1 Å². The van der Waals surface area contributed by atoms with E-state index in [-0.39, 0.29) is 10.6 Å². The summed E-state index contributed by atoms with van der Waals surface area (Å²) in [5.41, 5.74) is 2.35. The standard InChI is InChI=1S/C15H21BrN2O2/c1-4-12-8-13(18(19)20)9-14(16)15(12)17-10(2)6-5-7-11(17)3/h8-11H,4-7H2,1-3H3/t10-,11-/m1/s1. The predicted octanol–water partition coefficient (Wildman–Crippen LogP) is 4.69. The molecule has 0 amide bonds. The third-order valence-corrected chi connectivity index (χ3v) is 4.78. The Morgan fingerprint density at radius 1 is 1.35 bits per heavy atom. The van der Waals surface area contributed by atoms with Crippen molar-refractivity contribution in [1.82, 2.24) is 0 Å². The summed E-state index contributed by atoms with van der Waals surface area (Å²) in [6.07, 6.45) is 4.41. The molecule has 1 heterocycles. The predicted molar refractivity (Wildman–Crippen MR) is 85.4 cm³/mol. The van der Waals surface area contributed by atoms with E-state index in [0.29, 0.717) is 12.1 Å². The molecular weight excluding hydrogens is 320 g/mol. The van der Waals surface area contributed by atoms with Crippen molar-refractivity contribution in [3.63, 3.8) is 0 Å². The highest BCUT2D eigenvalue weighted by molar-refractivity contribution is 9.10. The zero-order valence-corrected chi connectivity index (χ0v) is 13.8. The normalized spacial score (nSPS) is 22.9. The highest BCUT2D eigenvalue weighted by Crippen LogP contribution is 2.39. The number of hydrogen-bond donors (Lipinski definition) is 0. The number of benzene rings is 1.